The van der Waals surface area contributed by atoms with E-state index in [0.29, 0.717) is 0 Å². The van der Waals surface area contributed by atoms with E-state index in [1.165, 1.54) is 32.1 Å². The van der Waals surface area contributed by atoms with Crippen molar-refractivity contribution in [1.82, 2.24) is 10.2 Å². The molecular weight excluding hydrogens is 186 g/mol. The topological polar surface area (TPSA) is 41.3 Å². The fraction of sp³-hybridized carbons (Fsp3) is 1.00. The number of fused-ring (bicyclic) bond motifs is 2. The van der Waals surface area contributed by atoms with Gasteiger partial charge in [-0.25, -0.2) is 0 Å². The van der Waals surface area contributed by atoms with Crippen LogP contribution in [0.25, 0.3) is 0 Å². The van der Waals surface area contributed by atoms with Crippen molar-refractivity contribution in [3.05, 3.63) is 0 Å². The molecule has 2 aliphatic rings. The molecule has 2 rings (SSSR count). The first-order chi connectivity index (χ1) is 7.21. The Hall–Kier alpha value is -0.120. The summed E-state index contributed by atoms with van der Waals surface area (Å²) in [5.41, 5.74) is 6.24. The molecule has 0 amide bonds. The lowest BCUT2D eigenvalue weighted by molar-refractivity contribution is 0.0948. The molecule has 0 aromatic carbocycles. The molecule has 15 heavy (non-hydrogen) atoms. The van der Waals surface area contributed by atoms with Crippen LogP contribution >= 0.6 is 0 Å². The van der Waals surface area contributed by atoms with E-state index >= 15 is 0 Å². The molecule has 0 aromatic rings. The fourth-order valence-electron chi connectivity index (χ4n) is 3.34. The van der Waals surface area contributed by atoms with Gasteiger partial charge in [0.2, 0.25) is 0 Å². The summed E-state index contributed by atoms with van der Waals surface area (Å²) in [5, 5.41) is 3.70. The number of nitrogens with zero attached hydrogens (tertiary/aromatic N) is 1. The zero-order valence-electron chi connectivity index (χ0n) is 10.1. The van der Waals surface area contributed by atoms with Crippen LogP contribution < -0.4 is 11.1 Å². The van der Waals surface area contributed by atoms with Gasteiger partial charge >= 0.3 is 0 Å². The highest BCUT2D eigenvalue weighted by Crippen LogP contribution is 2.39. The van der Waals surface area contributed by atoms with Crippen LogP contribution in [0.2, 0.25) is 0 Å². The van der Waals surface area contributed by atoms with E-state index in [4.69, 9.17) is 5.73 Å². The first-order valence-electron chi connectivity index (χ1n) is 6.38. The minimum atomic E-state index is 0.244. The van der Waals surface area contributed by atoms with E-state index in [-0.39, 0.29) is 5.54 Å². The van der Waals surface area contributed by atoms with Crippen LogP contribution in [0.15, 0.2) is 0 Å². The van der Waals surface area contributed by atoms with Crippen molar-refractivity contribution in [2.24, 2.45) is 5.73 Å². The van der Waals surface area contributed by atoms with Crippen molar-refractivity contribution >= 4 is 0 Å². The Morgan fingerprint density at radius 3 is 2.40 bits per heavy atom. The van der Waals surface area contributed by atoms with Crippen LogP contribution in [0.3, 0.4) is 0 Å². The van der Waals surface area contributed by atoms with Gasteiger partial charge in [-0.05, 0) is 45.7 Å². The highest BCUT2D eigenvalue weighted by atomic mass is 15.2. The van der Waals surface area contributed by atoms with E-state index in [1.54, 1.807) is 0 Å². The highest BCUT2D eigenvalue weighted by Gasteiger charge is 2.45. The average molecular weight is 211 g/mol. The maximum absolute atomic E-state index is 6.00. The lowest BCUT2D eigenvalue weighted by Crippen LogP contribution is -2.60. The van der Waals surface area contributed by atoms with Crippen molar-refractivity contribution in [2.45, 2.75) is 56.7 Å². The SMILES string of the molecule is CCCNC1(CN)CC2CCC(C1)N2C. The van der Waals surface area contributed by atoms with Crippen LogP contribution in [-0.2, 0) is 0 Å². The number of hydrogen-bond acceptors (Lipinski definition) is 3. The third kappa shape index (κ3) is 2.05. The lowest BCUT2D eigenvalue weighted by atomic mass is 9.83. The van der Waals surface area contributed by atoms with Gasteiger partial charge < -0.3 is 16.0 Å². The molecule has 0 radical (unpaired) electrons. The van der Waals surface area contributed by atoms with Gasteiger partial charge in [0.25, 0.3) is 0 Å². The molecule has 2 bridgehead atoms. The van der Waals surface area contributed by atoms with Crippen LogP contribution in [-0.4, -0.2) is 42.7 Å². The second-order valence-electron chi connectivity index (χ2n) is 5.37. The predicted molar refractivity (Wildman–Crippen MR) is 63.9 cm³/mol. The molecule has 0 aliphatic carbocycles. The Balaban J connectivity index is 2.02. The van der Waals surface area contributed by atoms with Crippen molar-refractivity contribution in [3.8, 4) is 0 Å². The summed E-state index contributed by atoms with van der Waals surface area (Å²) in [6.45, 7) is 4.13. The molecule has 3 heteroatoms. The summed E-state index contributed by atoms with van der Waals surface area (Å²) in [6.07, 6.45) is 6.44. The standard InChI is InChI=1S/C12H25N3/c1-3-6-14-12(9-13)7-10-4-5-11(8-12)15(10)2/h10-11,14H,3-9,13H2,1-2H3. The normalized spacial score (nSPS) is 41.0. The van der Waals surface area contributed by atoms with E-state index < -0.39 is 0 Å². The van der Waals surface area contributed by atoms with Gasteiger partial charge in [0.1, 0.15) is 0 Å². The van der Waals surface area contributed by atoms with Gasteiger partial charge in [0.05, 0.1) is 0 Å². The molecule has 88 valence electrons. The molecule has 2 saturated heterocycles. The summed E-state index contributed by atoms with van der Waals surface area (Å²) in [6, 6.07) is 1.55. The van der Waals surface area contributed by atoms with Crippen molar-refractivity contribution in [2.75, 3.05) is 20.1 Å². The van der Waals surface area contributed by atoms with Crippen LogP contribution in [0.4, 0.5) is 0 Å². The largest absolute Gasteiger partial charge is 0.329 e. The van der Waals surface area contributed by atoms with Gasteiger partial charge in [0, 0.05) is 24.2 Å². The molecule has 3 N–H and O–H groups in total. The summed E-state index contributed by atoms with van der Waals surface area (Å²) < 4.78 is 0. The second kappa shape index (κ2) is 4.40. The third-order valence-corrected chi connectivity index (χ3v) is 4.38. The molecule has 2 unspecified atom stereocenters. The maximum atomic E-state index is 6.00. The molecule has 3 nitrogen and oxygen atoms in total. The fourth-order valence-corrected chi connectivity index (χ4v) is 3.34. The molecular formula is C12H25N3. The number of nitrogens with two attached hydrogens (primary N) is 1. The van der Waals surface area contributed by atoms with Gasteiger partial charge in [-0.1, -0.05) is 6.92 Å². The summed E-state index contributed by atoms with van der Waals surface area (Å²) in [7, 11) is 2.28. The first kappa shape index (κ1) is 11.4. The van der Waals surface area contributed by atoms with Crippen LogP contribution in [0.5, 0.6) is 0 Å². The van der Waals surface area contributed by atoms with Gasteiger partial charge in [-0.3, -0.25) is 0 Å². The smallest absolute Gasteiger partial charge is 0.0333 e. The molecule has 2 atom stereocenters. The Morgan fingerprint density at radius 2 is 1.93 bits per heavy atom. The molecule has 0 saturated carbocycles. The number of nitrogens with one attached hydrogen (secondary N) is 1. The molecule has 2 heterocycles. The zero-order valence-corrected chi connectivity index (χ0v) is 10.1. The minimum absolute atomic E-state index is 0.244. The number of rotatable bonds is 4. The van der Waals surface area contributed by atoms with Crippen molar-refractivity contribution in [3.63, 3.8) is 0 Å². The zero-order chi connectivity index (χ0) is 10.9. The Morgan fingerprint density at radius 1 is 1.33 bits per heavy atom. The average Bonchev–Trinajstić information content (AvgIpc) is 2.51. The van der Waals surface area contributed by atoms with Crippen molar-refractivity contribution < 1.29 is 0 Å². The van der Waals surface area contributed by atoms with Crippen molar-refractivity contribution in [1.29, 1.82) is 0 Å². The Bertz CT molecular complexity index is 203. The monoisotopic (exact) mass is 211 g/mol. The van der Waals surface area contributed by atoms with E-state index in [0.717, 1.165) is 25.2 Å². The van der Waals surface area contributed by atoms with E-state index in [2.05, 4.69) is 24.2 Å². The third-order valence-electron chi connectivity index (χ3n) is 4.38. The van der Waals surface area contributed by atoms with Gasteiger partial charge in [-0.2, -0.15) is 0 Å². The highest BCUT2D eigenvalue weighted by molar-refractivity contribution is 5.05. The maximum Gasteiger partial charge on any atom is 0.0333 e. The minimum Gasteiger partial charge on any atom is -0.329 e. The lowest BCUT2D eigenvalue weighted by Gasteiger charge is -2.45. The van der Waals surface area contributed by atoms with Gasteiger partial charge in [0.15, 0.2) is 0 Å². The van der Waals surface area contributed by atoms with E-state index in [1.807, 2.05) is 0 Å². The second-order valence-corrected chi connectivity index (χ2v) is 5.37. The van der Waals surface area contributed by atoms with Crippen LogP contribution in [0, 0.1) is 0 Å². The quantitative estimate of drug-likeness (QED) is 0.727. The first-order valence-corrected chi connectivity index (χ1v) is 6.38. The van der Waals surface area contributed by atoms with Crippen LogP contribution in [0.1, 0.15) is 39.0 Å². The molecule has 2 aliphatic heterocycles. The summed E-state index contributed by atoms with van der Waals surface area (Å²) >= 11 is 0. The predicted octanol–water partition coefficient (Wildman–Crippen LogP) is 0.940. The van der Waals surface area contributed by atoms with Gasteiger partial charge in [-0.15, -0.1) is 0 Å². The number of piperidine rings is 1. The Kier molecular flexibility index (Phi) is 3.33. The Labute approximate surface area is 93.4 Å². The molecule has 0 aromatic heterocycles. The summed E-state index contributed by atoms with van der Waals surface area (Å²) in [4.78, 5) is 2.57. The van der Waals surface area contributed by atoms with E-state index in [9.17, 15) is 0 Å². The summed E-state index contributed by atoms with van der Waals surface area (Å²) in [5.74, 6) is 0. The molecule has 2 fully saturated rings. The number of hydrogen-bond donors (Lipinski definition) is 2. The molecule has 0 spiro atoms.